The molecular formula is C56H80N8O4. The highest BCUT2D eigenvalue weighted by atomic mass is 16.3. The highest BCUT2D eigenvalue weighted by Crippen LogP contribution is 2.31. The third-order valence-electron chi connectivity index (χ3n) is 13.6. The van der Waals surface area contributed by atoms with E-state index in [4.69, 9.17) is 20.0 Å². The maximum absolute atomic E-state index is 10.5. The topological polar surface area (TPSA) is 143 Å². The van der Waals surface area contributed by atoms with Gasteiger partial charge >= 0.3 is 0 Å². The number of nitrogens with zero attached hydrogens (tertiary/aromatic N) is 8. The van der Waals surface area contributed by atoms with Crippen molar-refractivity contribution < 1.29 is 20.4 Å². The van der Waals surface area contributed by atoms with Crippen molar-refractivity contribution in [1.29, 1.82) is 0 Å². The molecular weight excluding hydrogens is 849 g/mol. The van der Waals surface area contributed by atoms with Gasteiger partial charge in [0.1, 0.15) is 23.0 Å². The molecule has 2 aliphatic carbocycles. The van der Waals surface area contributed by atoms with E-state index in [2.05, 4.69) is 75.0 Å². The van der Waals surface area contributed by atoms with Gasteiger partial charge in [-0.05, 0) is 130 Å². The Kier molecular flexibility index (Phi) is 21.1. The highest BCUT2D eigenvalue weighted by Gasteiger charge is 2.25. The Labute approximate surface area is 407 Å². The maximum Gasteiger partial charge on any atom is 0.126 e. The van der Waals surface area contributed by atoms with E-state index in [0.717, 1.165) is 149 Å². The van der Waals surface area contributed by atoms with Crippen LogP contribution in [-0.2, 0) is 0 Å². The molecule has 4 aromatic rings. The van der Waals surface area contributed by atoms with Crippen molar-refractivity contribution in [3.8, 4) is 23.0 Å². The molecule has 0 spiro atoms. The molecule has 6 rings (SSSR count). The quantitative estimate of drug-likeness (QED) is 0.0642. The van der Waals surface area contributed by atoms with Crippen molar-refractivity contribution in [2.75, 3.05) is 72.0 Å². The Hall–Kier alpha value is -6.04. The lowest BCUT2D eigenvalue weighted by Crippen LogP contribution is -2.27. The number of benzene rings is 4. The smallest absolute Gasteiger partial charge is 0.126 e. The van der Waals surface area contributed by atoms with E-state index < -0.39 is 0 Å². The lowest BCUT2D eigenvalue weighted by Gasteiger charge is -2.25. The summed E-state index contributed by atoms with van der Waals surface area (Å²) in [5.74, 6) is 1.01. The zero-order valence-electron chi connectivity index (χ0n) is 42.2. The van der Waals surface area contributed by atoms with E-state index in [1.807, 2.05) is 72.8 Å². The lowest BCUT2D eigenvalue weighted by molar-refractivity contribution is 0.390. The van der Waals surface area contributed by atoms with Gasteiger partial charge in [0, 0.05) is 146 Å². The predicted octanol–water partition coefficient (Wildman–Crippen LogP) is 11.3. The zero-order valence-corrected chi connectivity index (χ0v) is 42.2. The van der Waals surface area contributed by atoms with Crippen LogP contribution >= 0.6 is 0 Å². The van der Waals surface area contributed by atoms with Crippen LogP contribution < -0.4 is 19.6 Å². The number of hydrogen-bond acceptors (Lipinski definition) is 12. The number of aromatic hydroxyl groups is 4. The van der Waals surface area contributed by atoms with Crippen LogP contribution in [0.5, 0.6) is 23.0 Å². The molecule has 0 heterocycles. The molecule has 2 aliphatic rings. The molecule has 4 atom stereocenters. The van der Waals surface area contributed by atoms with Crippen LogP contribution in [0.4, 0.5) is 22.7 Å². The number of hydrogen-bond donors (Lipinski definition) is 4. The number of rotatable bonds is 20. The number of aliphatic imine (C=N–C) groups is 4. The van der Waals surface area contributed by atoms with Gasteiger partial charge in [-0.25, -0.2) is 0 Å². The molecule has 0 unspecified atom stereocenters. The van der Waals surface area contributed by atoms with E-state index in [-0.39, 0.29) is 47.2 Å². The fraction of sp³-hybridized carbons (Fsp3) is 0.500. The van der Waals surface area contributed by atoms with Gasteiger partial charge in [-0.1, -0.05) is 25.7 Å². The van der Waals surface area contributed by atoms with Gasteiger partial charge in [0.25, 0.3) is 0 Å². The number of phenols is 4. The fourth-order valence-corrected chi connectivity index (χ4v) is 9.29. The monoisotopic (exact) mass is 929 g/mol. The fourth-order valence-electron chi connectivity index (χ4n) is 9.29. The van der Waals surface area contributed by atoms with Gasteiger partial charge in [-0.2, -0.15) is 0 Å². The molecule has 12 heteroatoms. The van der Waals surface area contributed by atoms with Gasteiger partial charge in [0.05, 0.1) is 24.2 Å². The van der Waals surface area contributed by atoms with E-state index in [1.54, 1.807) is 24.9 Å². The first-order valence-corrected chi connectivity index (χ1v) is 25.4. The molecule has 0 aliphatic heterocycles. The molecule has 0 aromatic heterocycles. The highest BCUT2D eigenvalue weighted by molar-refractivity contribution is 5.87. The minimum absolute atomic E-state index is 0.0731. The van der Waals surface area contributed by atoms with Crippen molar-refractivity contribution in [2.45, 2.75) is 131 Å². The van der Waals surface area contributed by atoms with E-state index in [1.165, 1.54) is 0 Å². The minimum Gasteiger partial charge on any atom is -0.507 e. The van der Waals surface area contributed by atoms with E-state index in [9.17, 15) is 20.4 Å². The summed E-state index contributed by atoms with van der Waals surface area (Å²) in [6, 6.07) is 23.4. The third kappa shape index (κ3) is 14.5. The molecule has 368 valence electrons. The van der Waals surface area contributed by atoms with Crippen molar-refractivity contribution in [3.63, 3.8) is 0 Å². The molecule has 0 amide bonds. The number of phenolic OH excluding ortho intramolecular Hbond substituents is 4. The summed E-state index contributed by atoms with van der Waals surface area (Å²) in [5.41, 5.74) is 7.00. The van der Waals surface area contributed by atoms with E-state index in [0.29, 0.717) is 0 Å². The minimum atomic E-state index is 0.0731. The third-order valence-corrected chi connectivity index (χ3v) is 13.6. The largest absolute Gasteiger partial charge is 0.507 e. The summed E-state index contributed by atoms with van der Waals surface area (Å²) in [5, 5.41) is 42.1. The molecule has 2 saturated carbocycles. The molecule has 12 nitrogen and oxygen atoms in total. The standard InChI is InChI=1S/2C28H40N4O2/c2*1-5-31(6-2)23-15-13-21(27(33)17-23)19-29-25-11-9-10-12-26(25)30-20-22-14-16-24(18-28(22)34)32(7-3)8-4/h2*13-20,25-26,33-34H,5-12H2,1-4H3/t2*25-,26-/m11/s1. The van der Waals surface area contributed by atoms with Crippen LogP contribution in [0.25, 0.3) is 0 Å². The second kappa shape index (κ2) is 27.1. The van der Waals surface area contributed by atoms with Crippen LogP contribution in [0.15, 0.2) is 92.8 Å². The molecule has 4 N–H and O–H groups in total. The lowest BCUT2D eigenvalue weighted by atomic mass is 9.91. The van der Waals surface area contributed by atoms with Crippen LogP contribution in [0.2, 0.25) is 0 Å². The molecule has 4 aromatic carbocycles. The van der Waals surface area contributed by atoms with Crippen molar-refractivity contribution in [2.24, 2.45) is 20.0 Å². The number of anilines is 4. The average molecular weight is 929 g/mol. The van der Waals surface area contributed by atoms with Gasteiger partial charge < -0.3 is 40.0 Å². The second-order valence-electron chi connectivity index (χ2n) is 17.6. The van der Waals surface area contributed by atoms with Crippen LogP contribution in [0.1, 0.15) is 129 Å². The summed E-state index contributed by atoms with van der Waals surface area (Å²) in [4.78, 5) is 28.1. The summed E-state index contributed by atoms with van der Waals surface area (Å²) in [7, 11) is 0. The molecule has 68 heavy (non-hydrogen) atoms. The SMILES string of the molecule is CCN(CC)c1ccc(C=N[C@@H]2CCCC[C@H]2N=Cc2ccc(N(CC)CC)cc2O)c(O)c1.CCN(CC)c1ccc(C=N[C@@H]2CCCC[C@H]2N=Cc2ccc(N(CC)CC)cc2O)c(O)c1. The predicted molar refractivity (Wildman–Crippen MR) is 289 cm³/mol. The second-order valence-corrected chi connectivity index (χ2v) is 17.6. The Morgan fingerprint density at radius 3 is 0.706 bits per heavy atom. The van der Waals surface area contributed by atoms with Crippen molar-refractivity contribution in [1.82, 2.24) is 0 Å². The van der Waals surface area contributed by atoms with Gasteiger partial charge in [-0.3, -0.25) is 20.0 Å². The zero-order chi connectivity index (χ0) is 49.0. The molecule has 0 bridgehead atoms. The van der Waals surface area contributed by atoms with Crippen LogP contribution in [0.3, 0.4) is 0 Å². The van der Waals surface area contributed by atoms with Crippen molar-refractivity contribution in [3.05, 3.63) is 95.1 Å². The van der Waals surface area contributed by atoms with E-state index >= 15 is 0 Å². The van der Waals surface area contributed by atoms with Gasteiger partial charge in [0.15, 0.2) is 0 Å². The first-order valence-electron chi connectivity index (χ1n) is 25.4. The Morgan fingerprint density at radius 2 is 0.544 bits per heavy atom. The Bertz CT molecular complexity index is 1960. The first kappa shape index (κ1) is 52.9. The summed E-state index contributed by atoms with van der Waals surface area (Å²) >= 11 is 0. The summed E-state index contributed by atoms with van der Waals surface area (Å²) in [6.45, 7) is 24.1. The normalized spacial score (nSPS) is 18.6. The van der Waals surface area contributed by atoms with Gasteiger partial charge in [0.2, 0.25) is 0 Å². The van der Waals surface area contributed by atoms with Crippen molar-refractivity contribution >= 4 is 47.6 Å². The van der Waals surface area contributed by atoms with Gasteiger partial charge in [-0.15, -0.1) is 0 Å². The molecule has 0 radical (unpaired) electrons. The van der Waals surface area contributed by atoms with Crippen LogP contribution in [0, 0.1) is 0 Å². The van der Waals surface area contributed by atoms with Crippen LogP contribution in [-0.4, -0.2) is 122 Å². The molecule has 0 saturated heterocycles. The maximum atomic E-state index is 10.5. The Balaban J connectivity index is 0.000000254. The molecule has 2 fully saturated rings. The average Bonchev–Trinajstić information content (AvgIpc) is 3.35. The first-order chi connectivity index (χ1) is 33.0. The summed E-state index contributed by atoms with van der Waals surface area (Å²) < 4.78 is 0. The summed E-state index contributed by atoms with van der Waals surface area (Å²) in [6.07, 6.45) is 15.6. The Morgan fingerprint density at radius 1 is 0.353 bits per heavy atom.